The summed E-state index contributed by atoms with van der Waals surface area (Å²) in [6.45, 7) is 1.53. The van der Waals surface area contributed by atoms with Crippen LogP contribution in [0.3, 0.4) is 0 Å². The first-order valence-electron chi connectivity index (χ1n) is 4.76. The molecule has 0 amide bonds. The lowest BCUT2D eigenvalue weighted by molar-refractivity contribution is 0.429. The van der Waals surface area contributed by atoms with Crippen molar-refractivity contribution in [3.63, 3.8) is 0 Å². The van der Waals surface area contributed by atoms with Gasteiger partial charge in [-0.1, -0.05) is 5.16 Å². The van der Waals surface area contributed by atoms with E-state index in [0.29, 0.717) is 0 Å². The third kappa shape index (κ3) is 2.40. The molecule has 0 fully saturated rings. The third-order valence-corrected chi connectivity index (χ3v) is 3.39. The van der Waals surface area contributed by atoms with E-state index in [4.69, 9.17) is 5.73 Å². The van der Waals surface area contributed by atoms with Crippen LogP contribution in [0.25, 0.3) is 0 Å². The molecule has 2 rings (SSSR count). The van der Waals surface area contributed by atoms with Crippen molar-refractivity contribution in [2.45, 2.75) is 11.8 Å². The molecule has 0 radical (unpaired) electrons. The highest BCUT2D eigenvalue weighted by molar-refractivity contribution is 7.92. The quantitative estimate of drug-likeness (QED) is 0.803. The van der Waals surface area contributed by atoms with Gasteiger partial charge in [0.25, 0.3) is 10.0 Å². The maximum atomic E-state index is 13.0. The SMILES string of the molecule is Cc1noc(NS(=O)(=O)c2cc(F)ccc2N)n1. The molecule has 18 heavy (non-hydrogen) atoms. The van der Waals surface area contributed by atoms with Gasteiger partial charge in [0.05, 0.1) is 5.69 Å². The second kappa shape index (κ2) is 4.26. The predicted molar refractivity (Wildman–Crippen MR) is 60.7 cm³/mol. The molecule has 1 aromatic carbocycles. The second-order valence-corrected chi connectivity index (χ2v) is 5.09. The summed E-state index contributed by atoms with van der Waals surface area (Å²) in [4.78, 5) is 3.28. The van der Waals surface area contributed by atoms with Crippen molar-refractivity contribution in [2.75, 3.05) is 10.5 Å². The number of nitrogen functional groups attached to an aromatic ring is 1. The Morgan fingerprint density at radius 2 is 2.17 bits per heavy atom. The molecule has 1 aromatic heterocycles. The van der Waals surface area contributed by atoms with E-state index in [1.165, 1.54) is 6.92 Å². The van der Waals surface area contributed by atoms with Gasteiger partial charge in [-0.2, -0.15) is 4.98 Å². The van der Waals surface area contributed by atoms with Crippen molar-refractivity contribution in [3.8, 4) is 0 Å². The van der Waals surface area contributed by atoms with Gasteiger partial charge in [0, 0.05) is 0 Å². The van der Waals surface area contributed by atoms with Crippen LogP contribution in [0, 0.1) is 12.7 Å². The van der Waals surface area contributed by atoms with Crippen LogP contribution in [0.4, 0.5) is 16.1 Å². The summed E-state index contributed by atoms with van der Waals surface area (Å²) >= 11 is 0. The van der Waals surface area contributed by atoms with Gasteiger partial charge in [-0.05, 0) is 25.1 Å². The van der Waals surface area contributed by atoms with Gasteiger partial charge < -0.3 is 10.3 Å². The number of aryl methyl sites for hydroxylation is 1. The third-order valence-electron chi connectivity index (χ3n) is 2.01. The zero-order valence-corrected chi connectivity index (χ0v) is 10.0. The first-order chi connectivity index (χ1) is 8.38. The van der Waals surface area contributed by atoms with E-state index in [0.717, 1.165) is 18.2 Å². The molecule has 0 bridgehead atoms. The monoisotopic (exact) mass is 272 g/mol. The zero-order chi connectivity index (χ0) is 13.3. The Balaban J connectivity index is 2.39. The molecular formula is C9H9FN4O3S. The Kier molecular flexibility index (Phi) is 2.91. The van der Waals surface area contributed by atoms with E-state index in [-0.39, 0.29) is 17.5 Å². The minimum absolute atomic E-state index is 0.0832. The Morgan fingerprint density at radius 3 is 2.78 bits per heavy atom. The fraction of sp³-hybridized carbons (Fsp3) is 0.111. The van der Waals surface area contributed by atoms with E-state index in [9.17, 15) is 12.8 Å². The molecule has 9 heteroatoms. The predicted octanol–water partition coefficient (Wildman–Crippen LogP) is 0.900. The van der Waals surface area contributed by atoms with E-state index in [2.05, 4.69) is 14.7 Å². The highest BCUT2D eigenvalue weighted by Gasteiger charge is 2.21. The molecule has 7 nitrogen and oxygen atoms in total. The average molecular weight is 272 g/mol. The van der Waals surface area contributed by atoms with E-state index < -0.39 is 20.7 Å². The topological polar surface area (TPSA) is 111 Å². The lowest BCUT2D eigenvalue weighted by atomic mass is 10.3. The first-order valence-corrected chi connectivity index (χ1v) is 6.25. The van der Waals surface area contributed by atoms with Gasteiger partial charge in [-0.15, -0.1) is 0 Å². The minimum atomic E-state index is -4.06. The lowest BCUT2D eigenvalue weighted by Crippen LogP contribution is -2.15. The molecule has 2 aromatic rings. The first kappa shape index (κ1) is 12.3. The summed E-state index contributed by atoms with van der Waals surface area (Å²) in [7, 11) is -4.06. The van der Waals surface area contributed by atoms with Crippen molar-refractivity contribution < 1.29 is 17.3 Å². The van der Waals surface area contributed by atoms with Crippen LogP contribution in [0.2, 0.25) is 0 Å². The summed E-state index contributed by atoms with van der Waals surface area (Å²) in [6, 6.07) is 2.71. The maximum absolute atomic E-state index is 13.0. The van der Waals surface area contributed by atoms with Crippen LogP contribution in [0.5, 0.6) is 0 Å². The van der Waals surface area contributed by atoms with Gasteiger partial charge in [-0.3, -0.25) is 0 Å². The number of nitrogens with zero attached hydrogens (tertiary/aromatic N) is 2. The highest BCUT2D eigenvalue weighted by atomic mass is 32.2. The fourth-order valence-electron chi connectivity index (χ4n) is 1.25. The average Bonchev–Trinajstić information content (AvgIpc) is 2.66. The maximum Gasteiger partial charge on any atom is 0.335 e. The minimum Gasteiger partial charge on any atom is -0.398 e. The van der Waals surface area contributed by atoms with Gasteiger partial charge in [0.15, 0.2) is 5.82 Å². The number of nitrogens with one attached hydrogen (secondary N) is 1. The van der Waals surface area contributed by atoms with Crippen molar-refractivity contribution in [1.82, 2.24) is 10.1 Å². The summed E-state index contributed by atoms with van der Waals surface area (Å²) < 4.78 is 43.4. The molecule has 0 spiro atoms. The van der Waals surface area contributed by atoms with Crippen LogP contribution < -0.4 is 10.5 Å². The molecule has 0 atom stereocenters. The Hall–Kier alpha value is -2.16. The van der Waals surface area contributed by atoms with Crippen LogP contribution in [0.15, 0.2) is 27.6 Å². The van der Waals surface area contributed by atoms with Crippen LogP contribution >= 0.6 is 0 Å². The highest BCUT2D eigenvalue weighted by Crippen LogP contribution is 2.21. The van der Waals surface area contributed by atoms with Crippen molar-refractivity contribution in [3.05, 3.63) is 29.8 Å². The van der Waals surface area contributed by atoms with E-state index in [1.54, 1.807) is 0 Å². The van der Waals surface area contributed by atoms with Crippen molar-refractivity contribution in [2.24, 2.45) is 0 Å². The number of sulfonamides is 1. The number of benzene rings is 1. The summed E-state index contributed by atoms with van der Waals surface area (Å²) in [5.74, 6) is -0.453. The molecule has 3 N–H and O–H groups in total. The van der Waals surface area contributed by atoms with Crippen molar-refractivity contribution >= 4 is 21.7 Å². The molecule has 0 saturated heterocycles. The van der Waals surface area contributed by atoms with Crippen LogP contribution in [0.1, 0.15) is 5.82 Å². The normalized spacial score (nSPS) is 11.4. The van der Waals surface area contributed by atoms with E-state index in [1.807, 2.05) is 4.72 Å². The Labute approximate surface area is 102 Å². The van der Waals surface area contributed by atoms with Gasteiger partial charge in [0.1, 0.15) is 10.7 Å². The number of halogens is 1. The Bertz CT molecular complexity index is 683. The smallest absolute Gasteiger partial charge is 0.335 e. The second-order valence-electron chi connectivity index (χ2n) is 3.43. The van der Waals surface area contributed by atoms with Crippen LogP contribution in [-0.2, 0) is 10.0 Å². The van der Waals surface area contributed by atoms with Crippen LogP contribution in [-0.4, -0.2) is 18.6 Å². The molecule has 0 unspecified atom stereocenters. The molecule has 1 heterocycles. The van der Waals surface area contributed by atoms with E-state index >= 15 is 0 Å². The molecular weight excluding hydrogens is 263 g/mol. The number of anilines is 2. The molecule has 0 aliphatic carbocycles. The lowest BCUT2D eigenvalue weighted by Gasteiger charge is -2.06. The fourth-order valence-corrected chi connectivity index (χ4v) is 2.32. The Morgan fingerprint density at radius 1 is 1.44 bits per heavy atom. The van der Waals surface area contributed by atoms with Gasteiger partial charge in [0.2, 0.25) is 0 Å². The number of rotatable bonds is 3. The number of nitrogens with two attached hydrogens (primary N) is 1. The molecule has 0 aliphatic heterocycles. The summed E-state index contributed by atoms with van der Waals surface area (Å²) in [6.07, 6.45) is 0. The molecule has 0 aliphatic rings. The molecule has 96 valence electrons. The summed E-state index contributed by atoms with van der Waals surface area (Å²) in [5, 5.41) is 3.42. The van der Waals surface area contributed by atoms with Gasteiger partial charge in [-0.25, -0.2) is 17.5 Å². The van der Waals surface area contributed by atoms with Gasteiger partial charge >= 0.3 is 6.01 Å². The summed E-state index contributed by atoms with van der Waals surface area (Å²) in [5.41, 5.74) is 5.40. The zero-order valence-electron chi connectivity index (χ0n) is 9.21. The largest absolute Gasteiger partial charge is 0.398 e. The molecule has 0 saturated carbocycles. The standard InChI is InChI=1S/C9H9FN4O3S/c1-5-12-9(17-13-5)14-18(15,16)8-4-6(10)2-3-7(8)11/h2-4H,11H2,1H3,(H,12,13,14). The number of aromatic nitrogens is 2. The number of hydrogen-bond donors (Lipinski definition) is 2. The number of hydrogen-bond acceptors (Lipinski definition) is 6. The van der Waals surface area contributed by atoms with Crippen molar-refractivity contribution in [1.29, 1.82) is 0 Å².